The molecule has 1 fully saturated rings. The van der Waals surface area contributed by atoms with Gasteiger partial charge in [0.1, 0.15) is 5.82 Å². The molecule has 1 aliphatic carbocycles. The van der Waals surface area contributed by atoms with E-state index in [0.29, 0.717) is 12.1 Å². The van der Waals surface area contributed by atoms with Gasteiger partial charge >= 0.3 is 0 Å². The Morgan fingerprint density at radius 1 is 1.69 bits per heavy atom. The van der Waals surface area contributed by atoms with Crippen molar-refractivity contribution in [3.8, 4) is 0 Å². The van der Waals surface area contributed by atoms with E-state index in [4.69, 9.17) is 5.73 Å². The minimum Gasteiger partial charge on any atom is -0.366 e. The van der Waals surface area contributed by atoms with E-state index in [1.165, 1.54) is 0 Å². The Kier molecular flexibility index (Phi) is 2.18. The number of rotatable bonds is 3. The number of hydrogen-bond acceptors (Lipinski definition) is 4. The Hall–Kier alpha value is -1.10. The summed E-state index contributed by atoms with van der Waals surface area (Å²) in [6.07, 6.45) is 3.86. The summed E-state index contributed by atoms with van der Waals surface area (Å²) < 4.78 is 1.85. The Morgan fingerprint density at radius 2 is 2.46 bits per heavy atom. The van der Waals surface area contributed by atoms with Gasteiger partial charge in [0, 0.05) is 18.6 Å². The van der Waals surface area contributed by atoms with Crippen LogP contribution in [-0.4, -0.2) is 27.1 Å². The Morgan fingerprint density at radius 3 is 3.08 bits per heavy atom. The molecular formula is C8H15N5. The lowest BCUT2D eigenvalue weighted by Crippen LogP contribution is -2.44. The summed E-state index contributed by atoms with van der Waals surface area (Å²) in [6.45, 7) is 2.90. The van der Waals surface area contributed by atoms with Gasteiger partial charge < -0.3 is 11.1 Å². The van der Waals surface area contributed by atoms with Crippen molar-refractivity contribution in [1.82, 2.24) is 15.0 Å². The molecule has 1 aromatic rings. The Labute approximate surface area is 77.3 Å². The van der Waals surface area contributed by atoms with Crippen LogP contribution in [0.2, 0.25) is 0 Å². The monoisotopic (exact) mass is 181 g/mol. The zero-order valence-electron chi connectivity index (χ0n) is 7.77. The first-order valence-electron chi connectivity index (χ1n) is 4.70. The fourth-order valence-corrected chi connectivity index (χ4v) is 1.59. The van der Waals surface area contributed by atoms with Gasteiger partial charge in [0.15, 0.2) is 0 Å². The summed E-state index contributed by atoms with van der Waals surface area (Å²) in [5, 5.41) is 11.1. The molecule has 2 rings (SSSR count). The van der Waals surface area contributed by atoms with Gasteiger partial charge in [-0.15, -0.1) is 5.10 Å². The summed E-state index contributed by atoms with van der Waals surface area (Å²) in [4.78, 5) is 0. The van der Waals surface area contributed by atoms with Gasteiger partial charge in [0.25, 0.3) is 0 Å². The first kappa shape index (κ1) is 8.50. The van der Waals surface area contributed by atoms with Crippen molar-refractivity contribution in [2.75, 3.05) is 5.32 Å². The molecule has 0 aromatic carbocycles. The van der Waals surface area contributed by atoms with Gasteiger partial charge in [0.05, 0.1) is 6.20 Å². The minimum atomic E-state index is 0.378. The van der Waals surface area contributed by atoms with E-state index in [2.05, 4.69) is 15.6 Å². The number of nitrogens with one attached hydrogen (secondary N) is 1. The van der Waals surface area contributed by atoms with E-state index in [1.807, 2.05) is 11.6 Å². The average molecular weight is 181 g/mol. The maximum absolute atomic E-state index is 5.69. The minimum absolute atomic E-state index is 0.378. The predicted molar refractivity (Wildman–Crippen MR) is 50.3 cm³/mol. The number of nitrogens with two attached hydrogens (primary N) is 1. The van der Waals surface area contributed by atoms with Gasteiger partial charge in [0.2, 0.25) is 0 Å². The molecule has 3 N–H and O–H groups in total. The van der Waals surface area contributed by atoms with E-state index in [-0.39, 0.29) is 0 Å². The van der Waals surface area contributed by atoms with Crippen molar-refractivity contribution in [3.05, 3.63) is 6.20 Å². The maximum Gasteiger partial charge on any atom is 0.145 e. The highest BCUT2D eigenvalue weighted by atomic mass is 15.5. The van der Waals surface area contributed by atoms with Gasteiger partial charge in [-0.05, 0) is 19.8 Å². The van der Waals surface area contributed by atoms with Crippen LogP contribution in [0.4, 0.5) is 5.82 Å². The van der Waals surface area contributed by atoms with Crippen molar-refractivity contribution in [2.24, 2.45) is 5.73 Å². The van der Waals surface area contributed by atoms with Crippen LogP contribution >= 0.6 is 0 Å². The zero-order valence-corrected chi connectivity index (χ0v) is 7.77. The van der Waals surface area contributed by atoms with Crippen molar-refractivity contribution < 1.29 is 0 Å². The Bertz CT molecular complexity index is 276. The van der Waals surface area contributed by atoms with E-state index < -0.39 is 0 Å². The lowest BCUT2D eigenvalue weighted by atomic mass is 9.88. The van der Waals surface area contributed by atoms with Crippen molar-refractivity contribution in [3.63, 3.8) is 0 Å². The molecule has 1 heterocycles. The van der Waals surface area contributed by atoms with Crippen molar-refractivity contribution in [2.45, 2.75) is 38.4 Å². The number of aromatic nitrogens is 3. The molecule has 0 saturated heterocycles. The molecule has 5 heteroatoms. The van der Waals surface area contributed by atoms with Crippen LogP contribution in [0.25, 0.3) is 0 Å². The molecule has 0 radical (unpaired) electrons. The summed E-state index contributed by atoms with van der Waals surface area (Å²) in [6, 6.07) is 0.891. The second-order valence-electron chi connectivity index (χ2n) is 3.51. The largest absolute Gasteiger partial charge is 0.366 e. The second kappa shape index (κ2) is 3.33. The lowest BCUT2D eigenvalue weighted by molar-refractivity contribution is 0.371. The highest BCUT2D eigenvalue weighted by molar-refractivity contribution is 5.33. The third-order valence-electron chi connectivity index (χ3n) is 2.44. The van der Waals surface area contributed by atoms with Crippen LogP contribution in [0, 0.1) is 0 Å². The molecular weight excluding hydrogens is 166 g/mol. The average Bonchev–Trinajstić information content (AvgIpc) is 2.49. The third-order valence-corrected chi connectivity index (χ3v) is 2.44. The number of anilines is 1. The molecule has 5 nitrogen and oxygen atoms in total. The molecule has 0 bridgehead atoms. The molecule has 0 amide bonds. The highest BCUT2D eigenvalue weighted by Gasteiger charge is 2.26. The van der Waals surface area contributed by atoms with Crippen LogP contribution in [0.15, 0.2) is 6.20 Å². The van der Waals surface area contributed by atoms with E-state index >= 15 is 0 Å². The number of nitrogens with zero attached hydrogens (tertiary/aromatic N) is 3. The van der Waals surface area contributed by atoms with Gasteiger partial charge in [-0.1, -0.05) is 5.21 Å². The quantitative estimate of drug-likeness (QED) is 0.699. The molecule has 0 atom stereocenters. The molecule has 13 heavy (non-hydrogen) atoms. The van der Waals surface area contributed by atoms with Crippen LogP contribution in [0.5, 0.6) is 0 Å². The maximum atomic E-state index is 5.69. The van der Waals surface area contributed by atoms with E-state index in [9.17, 15) is 0 Å². The second-order valence-corrected chi connectivity index (χ2v) is 3.51. The number of aryl methyl sites for hydroxylation is 1. The van der Waals surface area contributed by atoms with E-state index in [1.54, 1.807) is 6.20 Å². The normalized spacial score (nSPS) is 26.9. The number of hydrogen-bond donors (Lipinski definition) is 2. The summed E-state index contributed by atoms with van der Waals surface area (Å²) in [7, 11) is 0. The van der Waals surface area contributed by atoms with Crippen molar-refractivity contribution >= 4 is 5.82 Å². The molecule has 0 spiro atoms. The predicted octanol–water partition coefficient (Wildman–Crippen LogP) is 0.200. The lowest BCUT2D eigenvalue weighted by Gasteiger charge is -2.33. The van der Waals surface area contributed by atoms with Crippen LogP contribution in [0.3, 0.4) is 0 Å². The molecule has 1 saturated carbocycles. The highest BCUT2D eigenvalue weighted by Crippen LogP contribution is 2.21. The van der Waals surface area contributed by atoms with Gasteiger partial charge in [-0.3, -0.25) is 0 Å². The smallest absolute Gasteiger partial charge is 0.145 e. The third kappa shape index (κ3) is 1.65. The van der Waals surface area contributed by atoms with Crippen LogP contribution in [0.1, 0.15) is 19.8 Å². The fraction of sp³-hybridized carbons (Fsp3) is 0.750. The van der Waals surface area contributed by atoms with Crippen LogP contribution in [-0.2, 0) is 6.54 Å². The Balaban J connectivity index is 1.94. The molecule has 0 unspecified atom stereocenters. The molecule has 1 aromatic heterocycles. The first-order chi connectivity index (χ1) is 6.29. The van der Waals surface area contributed by atoms with Gasteiger partial charge in [-0.2, -0.15) is 0 Å². The summed E-state index contributed by atoms with van der Waals surface area (Å²) in [5.41, 5.74) is 5.69. The van der Waals surface area contributed by atoms with Gasteiger partial charge in [-0.25, -0.2) is 4.68 Å². The summed E-state index contributed by atoms with van der Waals surface area (Å²) in [5.74, 6) is 0.999. The molecule has 0 aliphatic heterocycles. The first-order valence-corrected chi connectivity index (χ1v) is 4.70. The topological polar surface area (TPSA) is 68.8 Å². The fourth-order valence-electron chi connectivity index (χ4n) is 1.59. The molecule has 1 aliphatic rings. The van der Waals surface area contributed by atoms with E-state index in [0.717, 1.165) is 25.2 Å². The van der Waals surface area contributed by atoms with Crippen molar-refractivity contribution in [1.29, 1.82) is 0 Å². The van der Waals surface area contributed by atoms with Crippen LogP contribution < -0.4 is 11.1 Å². The molecule has 72 valence electrons. The SMILES string of the molecule is CCn1nncc1NC1CC(N)C1. The summed E-state index contributed by atoms with van der Waals surface area (Å²) >= 11 is 0. The standard InChI is InChI=1S/C8H15N5/c1-2-13-8(5-10-12-13)11-7-3-6(9)4-7/h5-7,11H,2-4,9H2,1H3. The zero-order chi connectivity index (χ0) is 9.26.